The van der Waals surface area contributed by atoms with Gasteiger partial charge in [-0.1, -0.05) is 82.3 Å². The Morgan fingerprint density at radius 3 is 1.38 bits per heavy atom. The predicted molar refractivity (Wildman–Crippen MR) is 358 cm³/mol. The van der Waals surface area contributed by atoms with Crippen molar-refractivity contribution >= 4 is 50.9 Å². The van der Waals surface area contributed by atoms with Crippen LogP contribution in [0.4, 0.5) is 8.78 Å². The highest BCUT2D eigenvalue weighted by Gasteiger charge is 2.65. The highest BCUT2D eigenvalue weighted by molar-refractivity contribution is 7.97. The van der Waals surface area contributed by atoms with E-state index in [1.165, 1.54) is 72.8 Å². The minimum atomic E-state index is -5.86. The van der Waals surface area contributed by atoms with Gasteiger partial charge in [0.1, 0.15) is 29.1 Å². The first-order chi connectivity index (χ1) is 45.1. The van der Waals surface area contributed by atoms with Crippen molar-refractivity contribution in [2.24, 2.45) is 51.2 Å². The van der Waals surface area contributed by atoms with Gasteiger partial charge in [0, 0.05) is 0 Å². The quantitative estimate of drug-likeness (QED) is 0.0179. The number of benzene rings is 5. The normalized spacial score (nSPS) is 23.2. The van der Waals surface area contributed by atoms with Gasteiger partial charge in [0.2, 0.25) is 0 Å². The number of hydrogen-bond acceptors (Lipinski definition) is 17. The van der Waals surface area contributed by atoms with Gasteiger partial charge in [-0.05, 0) is 235 Å². The Balaban J connectivity index is 0.000000172. The summed E-state index contributed by atoms with van der Waals surface area (Å²) in [6.07, 6.45) is 6.88. The summed E-state index contributed by atoms with van der Waals surface area (Å²) >= 11 is 0. The molecular formula is C75H96F2O17S2. The molecule has 6 bridgehead atoms. The summed E-state index contributed by atoms with van der Waals surface area (Å²) in [6, 6.07) is 45.5. The van der Waals surface area contributed by atoms with Crippen LogP contribution in [0.15, 0.2) is 154 Å². The Hall–Kier alpha value is -6.91. The van der Waals surface area contributed by atoms with Crippen LogP contribution in [0.5, 0.6) is 23.0 Å². The first-order valence-electron chi connectivity index (χ1n) is 33.2. The molecular weight excluding hydrogens is 1270 g/mol. The molecule has 21 heteroatoms. The van der Waals surface area contributed by atoms with E-state index in [-0.39, 0.29) is 58.6 Å². The van der Waals surface area contributed by atoms with Crippen molar-refractivity contribution in [3.8, 4) is 23.0 Å². The van der Waals surface area contributed by atoms with Crippen molar-refractivity contribution in [3.63, 3.8) is 0 Å². The first-order valence-corrected chi connectivity index (χ1v) is 35.9. The Morgan fingerprint density at radius 1 is 0.562 bits per heavy atom. The van der Waals surface area contributed by atoms with Crippen LogP contribution in [0.3, 0.4) is 0 Å². The number of carbonyl (C=O) groups excluding carboxylic acids is 5. The van der Waals surface area contributed by atoms with E-state index < -0.39 is 61.3 Å². The van der Waals surface area contributed by atoms with Gasteiger partial charge >= 0.3 is 35.1 Å². The zero-order valence-corrected chi connectivity index (χ0v) is 59.1. The molecule has 3 aliphatic heterocycles. The number of carbonyl (C=O) groups is 5. The average molecular weight is 1370 g/mol. The Bertz CT molecular complexity index is 3350. The van der Waals surface area contributed by atoms with Gasteiger partial charge in [-0.3, -0.25) is 24.0 Å². The second-order valence-corrected chi connectivity index (χ2v) is 31.6. The van der Waals surface area contributed by atoms with Gasteiger partial charge in [-0.25, -0.2) is 8.42 Å². The van der Waals surface area contributed by atoms with Crippen molar-refractivity contribution in [2.45, 2.75) is 211 Å². The van der Waals surface area contributed by atoms with Gasteiger partial charge in [-0.15, -0.1) is 0 Å². The molecule has 6 atom stereocenters. The SMILES string of the molecule is CCC(C)(C)C(=O)OC(C)C(F)(F)S(=O)(=O)[O-].CCC(C)(C)C(=O)OC1C2CC3C(=O)OC1C3O2.CCC(C)(C)C(=O)Oc1ccc(O)cc1.CCC(C)(C)C(=O)Oc1ccc(OCOC2C3CC4CC(C3)CC2C4)cc1.c1ccc([S+](c2ccccc2)c2ccccc2)cc1. The minimum Gasteiger partial charge on any atom is -0.743 e. The van der Waals surface area contributed by atoms with Crippen LogP contribution in [0.25, 0.3) is 0 Å². The highest BCUT2D eigenvalue weighted by Crippen LogP contribution is 2.55. The van der Waals surface area contributed by atoms with Gasteiger partial charge < -0.3 is 47.6 Å². The van der Waals surface area contributed by atoms with E-state index in [0.717, 1.165) is 42.3 Å². The van der Waals surface area contributed by atoms with Crippen molar-refractivity contribution in [1.82, 2.24) is 0 Å². The third kappa shape index (κ3) is 19.5. The summed E-state index contributed by atoms with van der Waals surface area (Å²) in [5.74, 6) is 3.29. The van der Waals surface area contributed by atoms with Crippen LogP contribution in [0.2, 0.25) is 0 Å². The lowest BCUT2D eigenvalue weighted by molar-refractivity contribution is -0.170. The lowest BCUT2D eigenvalue weighted by atomic mass is 9.55. The molecule has 0 amide bonds. The van der Waals surface area contributed by atoms with Crippen LogP contribution >= 0.6 is 0 Å². The molecule has 4 saturated carbocycles. The zero-order valence-electron chi connectivity index (χ0n) is 57.5. The Kier molecular flexibility index (Phi) is 26.0. The average Bonchev–Trinajstić information content (AvgIpc) is 1.56. The van der Waals surface area contributed by atoms with Crippen LogP contribution in [-0.2, 0) is 68.7 Å². The molecule has 4 aliphatic carbocycles. The number of halogens is 2. The predicted octanol–water partition coefficient (Wildman–Crippen LogP) is 15.3. The van der Waals surface area contributed by atoms with Crippen LogP contribution < -0.4 is 14.2 Å². The molecule has 12 rings (SSSR count). The number of phenols is 1. The zero-order chi connectivity index (χ0) is 70.6. The molecule has 1 N–H and O–H groups in total. The molecule has 7 aliphatic rings. The molecule has 0 aromatic heterocycles. The lowest BCUT2D eigenvalue weighted by Gasteiger charge is -2.53. The number of rotatable bonds is 21. The Morgan fingerprint density at radius 2 is 0.958 bits per heavy atom. The minimum absolute atomic E-state index is 0.0146. The van der Waals surface area contributed by atoms with Crippen LogP contribution in [-0.4, -0.2) is 96.6 Å². The molecule has 3 saturated heterocycles. The van der Waals surface area contributed by atoms with Crippen LogP contribution in [0, 0.1) is 51.2 Å². The summed E-state index contributed by atoms with van der Waals surface area (Å²) in [7, 11) is -5.87. The third-order valence-electron chi connectivity index (χ3n) is 19.5. The van der Waals surface area contributed by atoms with Crippen molar-refractivity contribution < 1.29 is 88.7 Å². The smallest absolute Gasteiger partial charge is 0.369 e. The molecule has 17 nitrogen and oxygen atoms in total. The van der Waals surface area contributed by atoms with E-state index in [1.807, 2.05) is 74.4 Å². The molecule has 524 valence electrons. The van der Waals surface area contributed by atoms with Gasteiger partial charge in [0.15, 0.2) is 49.9 Å². The van der Waals surface area contributed by atoms with E-state index in [2.05, 4.69) is 95.7 Å². The molecule has 0 spiro atoms. The highest BCUT2D eigenvalue weighted by atomic mass is 32.2. The van der Waals surface area contributed by atoms with Crippen LogP contribution in [0.1, 0.15) is 154 Å². The fourth-order valence-electron chi connectivity index (χ4n) is 11.8. The summed E-state index contributed by atoms with van der Waals surface area (Å²) in [4.78, 5) is 62.9. The number of hydrogen-bond donors (Lipinski definition) is 1. The second-order valence-electron chi connectivity index (χ2n) is 28.1. The Labute approximate surface area is 568 Å². The maximum atomic E-state index is 13.0. The topological polar surface area (TPSA) is 237 Å². The number of ether oxygens (including phenoxy) is 8. The van der Waals surface area contributed by atoms with Crippen molar-refractivity contribution in [2.75, 3.05) is 6.79 Å². The molecule has 7 fully saturated rings. The second kappa shape index (κ2) is 32.6. The molecule has 0 radical (unpaired) electrons. The summed E-state index contributed by atoms with van der Waals surface area (Å²) in [5.41, 5.74) is -2.47. The lowest BCUT2D eigenvalue weighted by Crippen LogP contribution is -2.49. The fourth-order valence-corrected chi connectivity index (χ4v) is 14.4. The van der Waals surface area contributed by atoms with Gasteiger partial charge in [0.05, 0.1) is 50.7 Å². The monoisotopic (exact) mass is 1370 g/mol. The maximum Gasteiger partial charge on any atom is 0.369 e. The summed E-state index contributed by atoms with van der Waals surface area (Å²) in [5, 5.41) is 4.42. The largest absolute Gasteiger partial charge is 0.743 e. The number of fused-ring (bicyclic) bond motifs is 1. The maximum absolute atomic E-state index is 13.0. The number of alkyl halides is 2. The fraction of sp³-hybridized carbons (Fsp3) is 0.533. The first kappa shape index (κ1) is 76.5. The standard InChI is InChI=1S/C23H32O4.C18H15S.C13H18O5.C12H16O3.C9H16F2O5S/c1-4-23(2,3)22(24)27-20-7-5-19(6-8-20)25-14-26-21-17-10-15-9-16(12-17)13-18(21)11-15;1-4-10-16(11-5-1)19(17-12-6-2-7-13-17)18-14-8-3-9-15-18;1-4-13(2,3)12(15)18-9-7-5-6-8(16-7)10(9)17-11(6)14;1-4-12(2,3)11(14)15-10-7-5-9(13)6-8-10;1-5-8(3,4)7(12)16-6(2)9(10,11)17(13,14)15/h5-8,15-18,21H,4,9-14H2,1-3H3;1-15H;6-10H,4-5H2,1-3H3;5-8,13H,4H2,1-3H3;6H,5H2,1-4H3,(H,13,14,15)/q;+1;;;/p-1. The summed E-state index contributed by atoms with van der Waals surface area (Å²) < 4.78 is 100. The van der Waals surface area contributed by atoms with Crippen molar-refractivity contribution in [3.05, 3.63) is 140 Å². The molecule has 5 aromatic rings. The summed E-state index contributed by atoms with van der Waals surface area (Å²) in [6.45, 7) is 22.6. The molecule has 3 heterocycles. The third-order valence-corrected chi connectivity index (χ3v) is 22.7. The molecule has 5 aromatic carbocycles. The van der Waals surface area contributed by atoms with Crippen molar-refractivity contribution in [1.29, 1.82) is 0 Å². The van der Waals surface area contributed by atoms with Gasteiger partial charge in [0.25, 0.3) is 0 Å². The molecule has 6 unspecified atom stereocenters. The van der Waals surface area contributed by atoms with E-state index in [4.69, 9.17) is 38.3 Å². The van der Waals surface area contributed by atoms with Gasteiger partial charge in [-0.2, -0.15) is 8.78 Å². The molecule has 96 heavy (non-hydrogen) atoms. The van der Waals surface area contributed by atoms with E-state index >= 15 is 0 Å². The number of phenolic OH excluding ortho intramolecular Hbond substituents is 1. The number of esters is 5. The van der Waals surface area contributed by atoms with E-state index in [0.29, 0.717) is 50.6 Å². The van der Waals surface area contributed by atoms with E-state index in [9.17, 15) is 45.7 Å². The van der Waals surface area contributed by atoms with E-state index in [1.54, 1.807) is 31.2 Å². The number of aromatic hydroxyl groups is 1.